The lowest BCUT2D eigenvalue weighted by molar-refractivity contribution is 0.451. The number of benzene rings is 1. The third-order valence-corrected chi connectivity index (χ3v) is 4.83. The second-order valence-corrected chi connectivity index (χ2v) is 6.39. The average Bonchev–Trinajstić information content (AvgIpc) is 2.86. The molecule has 4 heteroatoms. The van der Waals surface area contributed by atoms with Crippen molar-refractivity contribution in [2.24, 2.45) is 16.6 Å². The van der Waals surface area contributed by atoms with Gasteiger partial charge < -0.3 is 10.6 Å². The Morgan fingerprint density at radius 2 is 2.22 bits per heavy atom. The van der Waals surface area contributed by atoms with Gasteiger partial charge in [-0.2, -0.15) is 0 Å². The highest BCUT2D eigenvalue weighted by Crippen LogP contribution is 2.45. The smallest absolute Gasteiger partial charge is 0.196 e. The second kappa shape index (κ2) is 4.26. The quantitative estimate of drug-likeness (QED) is 0.866. The molecule has 1 aliphatic carbocycles. The number of para-hydroxylation sites is 1. The molecule has 0 saturated heterocycles. The standard InChI is InChI=1S/C14H18BrN3/c1-10-6-7-14(8-10)9-17-13(16)18(14)12-5-3-2-4-11(12)15/h2-5,10H,6-9H2,1H3,(H2,16,17). The van der Waals surface area contributed by atoms with E-state index in [4.69, 9.17) is 5.73 Å². The largest absolute Gasteiger partial charge is 0.369 e. The first kappa shape index (κ1) is 12.0. The van der Waals surface area contributed by atoms with E-state index >= 15 is 0 Å². The topological polar surface area (TPSA) is 41.6 Å². The molecule has 1 aliphatic heterocycles. The highest BCUT2D eigenvalue weighted by Gasteiger charge is 2.47. The summed E-state index contributed by atoms with van der Waals surface area (Å²) in [5, 5.41) is 0. The number of anilines is 1. The van der Waals surface area contributed by atoms with Crippen molar-refractivity contribution in [2.75, 3.05) is 11.4 Å². The van der Waals surface area contributed by atoms with Crippen LogP contribution < -0.4 is 10.6 Å². The molecule has 0 bridgehead atoms. The first-order chi connectivity index (χ1) is 8.62. The van der Waals surface area contributed by atoms with Gasteiger partial charge in [0.05, 0.1) is 17.8 Å². The first-order valence-electron chi connectivity index (χ1n) is 6.47. The van der Waals surface area contributed by atoms with Gasteiger partial charge >= 0.3 is 0 Å². The van der Waals surface area contributed by atoms with Gasteiger partial charge in [0, 0.05) is 4.47 Å². The van der Waals surface area contributed by atoms with Crippen molar-refractivity contribution < 1.29 is 0 Å². The Morgan fingerprint density at radius 1 is 1.44 bits per heavy atom. The van der Waals surface area contributed by atoms with Crippen LogP contribution in [0.15, 0.2) is 33.7 Å². The average molecular weight is 308 g/mol. The maximum absolute atomic E-state index is 6.13. The first-order valence-corrected chi connectivity index (χ1v) is 7.26. The molecule has 0 radical (unpaired) electrons. The Bertz CT molecular complexity index is 500. The van der Waals surface area contributed by atoms with Crippen molar-refractivity contribution in [3.05, 3.63) is 28.7 Å². The summed E-state index contributed by atoms with van der Waals surface area (Å²) in [5.41, 5.74) is 7.40. The monoisotopic (exact) mass is 307 g/mol. The Hall–Kier alpha value is -1.03. The van der Waals surface area contributed by atoms with Gasteiger partial charge in [0.1, 0.15) is 0 Å². The molecule has 0 aromatic heterocycles. The third kappa shape index (κ3) is 1.74. The van der Waals surface area contributed by atoms with Crippen LogP contribution in [0.5, 0.6) is 0 Å². The fourth-order valence-electron chi connectivity index (χ4n) is 3.34. The molecule has 1 aromatic carbocycles. The van der Waals surface area contributed by atoms with Gasteiger partial charge in [-0.05, 0) is 53.2 Å². The van der Waals surface area contributed by atoms with Crippen LogP contribution in [0.25, 0.3) is 0 Å². The molecule has 2 atom stereocenters. The Morgan fingerprint density at radius 3 is 2.89 bits per heavy atom. The van der Waals surface area contributed by atoms with E-state index < -0.39 is 0 Å². The number of hydrogen-bond acceptors (Lipinski definition) is 3. The molecular weight excluding hydrogens is 290 g/mol. The number of nitrogens with zero attached hydrogens (tertiary/aromatic N) is 2. The Labute approximate surface area is 116 Å². The molecule has 3 nitrogen and oxygen atoms in total. The van der Waals surface area contributed by atoms with Crippen LogP contribution in [-0.4, -0.2) is 18.0 Å². The Kier molecular flexibility index (Phi) is 2.85. The molecule has 96 valence electrons. The number of guanidine groups is 1. The summed E-state index contributed by atoms with van der Waals surface area (Å²) >= 11 is 3.63. The van der Waals surface area contributed by atoms with E-state index in [-0.39, 0.29) is 5.54 Å². The van der Waals surface area contributed by atoms with Crippen molar-refractivity contribution in [1.29, 1.82) is 0 Å². The van der Waals surface area contributed by atoms with Crippen LogP contribution in [-0.2, 0) is 0 Å². The van der Waals surface area contributed by atoms with Crippen LogP contribution in [0.2, 0.25) is 0 Å². The summed E-state index contributed by atoms with van der Waals surface area (Å²) in [4.78, 5) is 6.75. The van der Waals surface area contributed by atoms with Gasteiger partial charge in [-0.25, -0.2) is 0 Å². The number of nitrogens with two attached hydrogens (primary N) is 1. The van der Waals surface area contributed by atoms with Gasteiger partial charge in [0.2, 0.25) is 0 Å². The number of aliphatic imine (C=N–C) groups is 1. The van der Waals surface area contributed by atoms with Crippen LogP contribution >= 0.6 is 15.9 Å². The van der Waals surface area contributed by atoms with Crippen molar-refractivity contribution in [2.45, 2.75) is 31.7 Å². The summed E-state index contributed by atoms with van der Waals surface area (Å²) in [6.45, 7) is 3.16. The molecule has 18 heavy (non-hydrogen) atoms. The lowest BCUT2D eigenvalue weighted by Crippen LogP contribution is -2.50. The highest BCUT2D eigenvalue weighted by molar-refractivity contribution is 9.10. The molecule has 3 rings (SSSR count). The van der Waals surface area contributed by atoms with Crippen LogP contribution in [0.1, 0.15) is 26.2 Å². The molecule has 2 unspecified atom stereocenters. The number of hydrogen-bond donors (Lipinski definition) is 1. The van der Waals surface area contributed by atoms with E-state index in [1.165, 1.54) is 19.3 Å². The molecule has 1 aromatic rings. The van der Waals surface area contributed by atoms with E-state index in [9.17, 15) is 0 Å². The minimum absolute atomic E-state index is 0.118. The zero-order valence-corrected chi connectivity index (χ0v) is 12.2. The normalized spacial score (nSPS) is 31.1. The van der Waals surface area contributed by atoms with Crippen molar-refractivity contribution >= 4 is 27.6 Å². The van der Waals surface area contributed by atoms with E-state index in [1.54, 1.807) is 0 Å². The SMILES string of the molecule is CC1CCC2(CN=C(N)N2c2ccccc2Br)C1. The molecule has 1 saturated carbocycles. The maximum atomic E-state index is 6.13. The summed E-state index contributed by atoms with van der Waals surface area (Å²) < 4.78 is 1.09. The van der Waals surface area contributed by atoms with Crippen LogP contribution in [0, 0.1) is 5.92 Å². The second-order valence-electron chi connectivity index (χ2n) is 5.53. The molecule has 0 amide bonds. The summed E-state index contributed by atoms with van der Waals surface area (Å²) in [6, 6.07) is 8.26. The van der Waals surface area contributed by atoms with Gasteiger partial charge in [0.25, 0.3) is 0 Å². The zero-order chi connectivity index (χ0) is 12.8. The summed E-state index contributed by atoms with van der Waals surface area (Å²) in [5.74, 6) is 1.42. The minimum atomic E-state index is 0.118. The molecule has 2 N–H and O–H groups in total. The summed E-state index contributed by atoms with van der Waals surface area (Å²) in [7, 11) is 0. The van der Waals surface area contributed by atoms with Gasteiger partial charge in [-0.1, -0.05) is 19.1 Å². The molecule has 1 spiro atoms. The maximum Gasteiger partial charge on any atom is 0.196 e. The van der Waals surface area contributed by atoms with Gasteiger partial charge in [0.15, 0.2) is 5.96 Å². The number of halogens is 1. The summed E-state index contributed by atoms with van der Waals surface area (Å²) in [6.07, 6.45) is 3.63. The molecule has 1 fully saturated rings. The molecule has 2 aliphatic rings. The van der Waals surface area contributed by atoms with Crippen LogP contribution in [0.4, 0.5) is 5.69 Å². The van der Waals surface area contributed by atoms with Gasteiger partial charge in [-0.15, -0.1) is 0 Å². The Balaban J connectivity index is 2.03. The van der Waals surface area contributed by atoms with E-state index in [0.717, 1.165) is 22.6 Å². The van der Waals surface area contributed by atoms with E-state index in [2.05, 4.69) is 50.9 Å². The predicted molar refractivity (Wildman–Crippen MR) is 78.9 cm³/mol. The number of rotatable bonds is 1. The van der Waals surface area contributed by atoms with E-state index in [1.807, 2.05) is 6.07 Å². The van der Waals surface area contributed by atoms with Gasteiger partial charge in [-0.3, -0.25) is 4.99 Å². The van der Waals surface area contributed by atoms with Crippen LogP contribution in [0.3, 0.4) is 0 Å². The van der Waals surface area contributed by atoms with Crippen molar-refractivity contribution in [3.63, 3.8) is 0 Å². The lowest BCUT2D eigenvalue weighted by Gasteiger charge is -2.36. The fraction of sp³-hybridized carbons (Fsp3) is 0.500. The minimum Gasteiger partial charge on any atom is -0.369 e. The third-order valence-electron chi connectivity index (χ3n) is 4.16. The highest BCUT2D eigenvalue weighted by atomic mass is 79.9. The van der Waals surface area contributed by atoms with E-state index in [0.29, 0.717) is 5.96 Å². The fourth-order valence-corrected chi connectivity index (χ4v) is 3.80. The molecule has 1 heterocycles. The van der Waals surface area contributed by atoms with Crippen molar-refractivity contribution in [1.82, 2.24) is 0 Å². The predicted octanol–water partition coefficient (Wildman–Crippen LogP) is 3.14. The molecular formula is C14H18BrN3. The zero-order valence-electron chi connectivity index (χ0n) is 10.6. The lowest BCUT2D eigenvalue weighted by atomic mass is 9.94. The van der Waals surface area contributed by atoms with Crippen molar-refractivity contribution in [3.8, 4) is 0 Å².